The largest absolute Gasteiger partial charge is 0.337 e. The molecule has 1 aliphatic heterocycles. The summed E-state index contributed by atoms with van der Waals surface area (Å²) < 4.78 is 3.23. The van der Waals surface area contributed by atoms with Crippen LogP contribution in [-0.4, -0.2) is 37.2 Å². The lowest BCUT2D eigenvalue weighted by atomic mass is 10.00. The monoisotopic (exact) mass is 394 g/mol. The number of hydrogen-bond donors (Lipinski definition) is 0. The van der Waals surface area contributed by atoms with Gasteiger partial charge in [-0.1, -0.05) is 59.5 Å². The van der Waals surface area contributed by atoms with E-state index in [0.29, 0.717) is 6.54 Å². The summed E-state index contributed by atoms with van der Waals surface area (Å²) in [6.45, 7) is 3.43. The molecule has 136 valence electrons. The Morgan fingerprint density at radius 1 is 1.11 bits per heavy atom. The molecule has 1 aliphatic rings. The Bertz CT molecular complexity index is 1150. The van der Waals surface area contributed by atoms with Crippen LogP contribution in [0.25, 0.3) is 15.2 Å². The molecule has 5 nitrogen and oxygen atoms in total. The van der Waals surface area contributed by atoms with Crippen LogP contribution >= 0.6 is 23.1 Å². The molecule has 0 aliphatic carbocycles. The predicted octanol–water partition coefficient (Wildman–Crippen LogP) is 4.01. The van der Waals surface area contributed by atoms with Crippen molar-refractivity contribution in [1.82, 2.24) is 19.5 Å². The number of nitrogens with zero attached hydrogens (tertiary/aromatic N) is 4. The molecule has 0 spiro atoms. The minimum atomic E-state index is -0.207. The van der Waals surface area contributed by atoms with E-state index in [1.54, 1.807) is 11.3 Å². The molecule has 27 heavy (non-hydrogen) atoms. The molecule has 3 heterocycles. The van der Waals surface area contributed by atoms with E-state index < -0.39 is 0 Å². The van der Waals surface area contributed by atoms with Crippen LogP contribution in [0.3, 0.4) is 0 Å². The van der Waals surface area contributed by atoms with Crippen molar-refractivity contribution in [2.24, 2.45) is 0 Å². The van der Waals surface area contributed by atoms with Crippen LogP contribution in [-0.2, 0) is 17.8 Å². The van der Waals surface area contributed by atoms with Crippen molar-refractivity contribution < 1.29 is 4.79 Å². The Kier molecular flexibility index (Phi) is 4.13. The number of carbonyl (C=O) groups excluding carboxylic acids is 1. The zero-order valence-electron chi connectivity index (χ0n) is 14.8. The third-order valence-corrected chi connectivity index (χ3v) is 7.03. The van der Waals surface area contributed by atoms with Gasteiger partial charge in [-0.25, -0.2) is 0 Å². The van der Waals surface area contributed by atoms with Crippen LogP contribution in [0.1, 0.15) is 18.1 Å². The molecule has 1 unspecified atom stereocenters. The third kappa shape index (κ3) is 2.91. The molecule has 2 aromatic heterocycles. The first-order valence-corrected chi connectivity index (χ1v) is 10.7. The van der Waals surface area contributed by atoms with E-state index >= 15 is 0 Å². The maximum absolute atomic E-state index is 13.0. The second-order valence-corrected chi connectivity index (χ2v) is 9.03. The second kappa shape index (κ2) is 6.65. The van der Waals surface area contributed by atoms with Crippen molar-refractivity contribution >= 4 is 44.2 Å². The van der Waals surface area contributed by atoms with Crippen molar-refractivity contribution in [3.8, 4) is 0 Å². The second-order valence-electron chi connectivity index (χ2n) is 6.71. The summed E-state index contributed by atoms with van der Waals surface area (Å²) in [4.78, 5) is 15.9. The molecule has 0 saturated carbocycles. The zero-order valence-corrected chi connectivity index (χ0v) is 16.5. The molecule has 4 aromatic rings. The number of aromatic nitrogens is 3. The van der Waals surface area contributed by atoms with Crippen LogP contribution in [0.2, 0.25) is 0 Å². The molecule has 0 N–H and O–H groups in total. The number of amides is 1. The number of thioether (sulfide) groups is 1. The summed E-state index contributed by atoms with van der Waals surface area (Å²) in [5.41, 5.74) is 3.70. The minimum Gasteiger partial charge on any atom is -0.337 e. The molecule has 5 rings (SSSR count). The van der Waals surface area contributed by atoms with Crippen molar-refractivity contribution in [2.75, 3.05) is 6.54 Å². The van der Waals surface area contributed by atoms with Gasteiger partial charge in [-0.2, -0.15) is 0 Å². The van der Waals surface area contributed by atoms with Gasteiger partial charge in [0, 0.05) is 13.1 Å². The lowest BCUT2D eigenvalue weighted by Gasteiger charge is -2.30. The first kappa shape index (κ1) is 16.8. The standard InChI is InChI=1S/C20H18N4OS2/c1-13(18(25)23-11-10-14-6-2-3-7-15(14)12-23)26-19-21-22-20-24(19)16-8-4-5-9-17(16)27-20/h2-9,13H,10-12H2,1H3. The fraction of sp³-hybridized carbons (Fsp3) is 0.250. The first-order chi connectivity index (χ1) is 13.2. The summed E-state index contributed by atoms with van der Waals surface area (Å²) in [6, 6.07) is 16.6. The summed E-state index contributed by atoms with van der Waals surface area (Å²) in [5, 5.41) is 9.19. The average molecular weight is 395 g/mol. The third-order valence-electron chi connectivity index (χ3n) is 4.98. The number of carbonyl (C=O) groups is 1. The summed E-state index contributed by atoms with van der Waals surface area (Å²) in [5.74, 6) is 0.158. The van der Waals surface area contributed by atoms with Crippen LogP contribution < -0.4 is 0 Å². The van der Waals surface area contributed by atoms with Crippen LogP contribution in [0.15, 0.2) is 53.7 Å². The van der Waals surface area contributed by atoms with E-state index in [0.717, 1.165) is 28.6 Å². The van der Waals surface area contributed by atoms with Gasteiger partial charge in [-0.05, 0) is 36.6 Å². The normalized spacial score (nSPS) is 15.2. The highest BCUT2D eigenvalue weighted by atomic mass is 32.2. The maximum atomic E-state index is 13.0. The lowest BCUT2D eigenvalue weighted by Crippen LogP contribution is -2.40. The Morgan fingerprint density at radius 2 is 1.89 bits per heavy atom. The lowest BCUT2D eigenvalue weighted by molar-refractivity contribution is -0.131. The number of fused-ring (bicyclic) bond motifs is 4. The Morgan fingerprint density at radius 3 is 2.78 bits per heavy atom. The molecule has 1 amide bonds. The van der Waals surface area contributed by atoms with Crippen molar-refractivity contribution in [2.45, 2.75) is 30.3 Å². The molecule has 0 saturated heterocycles. The highest BCUT2D eigenvalue weighted by Gasteiger charge is 2.27. The fourth-order valence-corrected chi connectivity index (χ4v) is 5.55. The van der Waals surface area contributed by atoms with Gasteiger partial charge >= 0.3 is 0 Å². The molecular weight excluding hydrogens is 376 g/mol. The average Bonchev–Trinajstić information content (AvgIpc) is 3.26. The SMILES string of the molecule is CC(Sc1nnc2sc3ccccc3n12)C(=O)N1CCc2ccccc2C1. The highest BCUT2D eigenvalue weighted by molar-refractivity contribution is 8.00. The number of rotatable bonds is 3. The van der Waals surface area contributed by atoms with Gasteiger partial charge in [0.1, 0.15) is 0 Å². The van der Waals surface area contributed by atoms with Gasteiger partial charge in [0.05, 0.1) is 15.5 Å². The maximum Gasteiger partial charge on any atom is 0.236 e. The van der Waals surface area contributed by atoms with Crippen molar-refractivity contribution in [3.05, 3.63) is 59.7 Å². The molecule has 1 atom stereocenters. The molecular formula is C20H18N4OS2. The van der Waals surface area contributed by atoms with Gasteiger partial charge < -0.3 is 4.90 Å². The highest BCUT2D eigenvalue weighted by Crippen LogP contribution is 2.32. The number of thiazole rings is 1. The topological polar surface area (TPSA) is 50.5 Å². The van der Waals surface area contributed by atoms with E-state index in [-0.39, 0.29) is 11.2 Å². The summed E-state index contributed by atoms with van der Waals surface area (Å²) in [7, 11) is 0. The van der Waals surface area contributed by atoms with Crippen molar-refractivity contribution in [3.63, 3.8) is 0 Å². The number of benzene rings is 2. The molecule has 0 fully saturated rings. The zero-order chi connectivity index (χ0) is 18.4. The minimum absolute atomic E-state index is 0.158. The Hall–Kier alpha value is -2.38. The van der Waals surface area contributed by atoms with Gasteiger partial charge in [0.25, 0.3) is 0 Å². The van der Waals surface area contributed by atoms with Crippen LogP contribution in [0.5, 0.6) is 0 Å². The van der Waals surface area contributed by atoms with Crippen LogP contribution in [0.4, 0.5) is 0 Å². The van der Waals surface area contributed by atoms with E-state index in [4.69, 9.17) is 0 Å². The number of para-hydroxylation sites is 1. The van der Waals surface area contributed by atoms with Gasteiger partial charge in [0.2, 0.25) is 10.9 Å². The van der Waals surface area contributed by atoms with Gasteiger partial charge in [-0.15, -0.1) is 10.2 Å². The van der Waals surface area contributed by atoms with E-state index in [2.05, 4.69) is 44.9 Å². The number of hydrogen-bond acceptors (Lipinski definition) is 5. The van der Waals surface area contributed by atoms with Gasteiger partial charge in [-0.3, -0.25) is 9.20 Å². The quantitative estimate of drug-likeness (QED) is 0.493. The molecule has 0 radical (unpaired) electrons. The Balaban J connectivity index is 1.38. The summed E-state index contributed by atoms with van der Waals surface area (Å²) in [6.07, 6.45) is 0.920. The van der Waals surface area contributed by atoms with Crippen molar-refractivity contribution in [1.29, 1.82) is 0 Å². The smallest absolute Gasteiger partial charge is 0.236 e. The first-order valence-electron chi connectivity index (χ1n) is 8.95. The molecule has 0 bridgehead atoms. The van der Waals surface area contributed by atoms with E-state index in [1.807, 2.05) is 30.0 Å². The fourth-order valence-electron chi connectivity index (χ4n) is 3.58. The summed E-state index contributed by atoms with van der Waals surface area (Å²) >= 11 is 3.11. The van der Waals surface area contributed by atoms with E-state index in [1.165, 1.54) is 27.6 Å². The molecule has 2 aromatic carbocycles. The Labute approximate surface area is 165 Å². The van der Waals surface area contributed by atoms with E-state index in [9.17, 15) is 4.79 Å². The van der Waals surface area contributed by atoms with Crippen LogP contribution in [0, 0.1) is 0 Å². The predicted molar refractivity (Wildman–Crippen MR) is 109 cm³/mol. The molecule has 7 heteroatoms. The van der Waals surface area contributed by atoms with Gasteiger partial charge in [0.15, 0.2) is 5.16 Å².